The third kappa shape index (κ3) is 4.70. The Balaban J connectivity index is 1.28. The Bertz CT molecular complexity index is 1310. The molecule has 182 valence electrons. The van der Waals surface area contributed by atoms with Crippen molar-refractivity contribution in [2.45, 2.75) is 31.6 Å². The van der Waals surface area contributed by atoms with Crippen LogP contribution in [-0.4, -0.2) is 56.0 Å². The monoisotopic (exact) mass is 481 g/mol. The van der Waals surface area contributed by atoms with Gasteiger partial charge < -0.3 is 4.90 Å². The molecule has 1 fully saturated rings. The van der Waals surface area contributed by atoms with Gasteiger partial charge in [-0.15, -0.1) is 10.2 Å². The topological polar surface area (TPSA) is 63.0 Å². The molecule has 1 aliphatic rings. The van der Waals surface area contributed by atoms with Crippen LogP contribution in [0.2, 0.25) is 0 Å². The summed E-state index contributed by atoms with van der Waals surface area (Å²) in [6.07, 6.45) is 0.117. The molecule has 0 N–H and O–H groups in total. The number of pyridine rings is 1. The van der Waals surface area contributed by atoms with Crippen molar-refractivity contribution >= 4 is 16.6 Å². The number of rotatable bonds is 5. The standard InChI is InChI=1S/C25H26F3N7/c1-33(16-18-8-7-17(15-29-18)25(26,27)28)19-10-13-35(14-11-19)24-21-6-4-3-5-20(21)23(31-32-24)22-9-12-30-34(22)2/h3-9,12,15,19H,10-11,13-14,16H2,1-2H3. The van der Waals surface area contributed by atoms with Gasteiger partial charge in [-0.25, -0.2) is 0 Å². The normalized spacial score (nSPS) is 15.3. The molecule has 4 heterocycles. The van der Waals surface area contributed by atoms with E-state index in [1.165, 1.54) is 6.07 Å². The van der Waals surface area contributed by atoms with Gasteiger partial charge in [-0.2, -0.15) is 18.3 Å². The van der Waals surface area contributed by atoms with Gasteiger partial charge in [-0.3, -0.25) is 14.6 Å². The molecule has 10 heteroatoms. The Hall–Kier alpha value is -3.53. The molecular weight excluding hydrogens is 455 g/mol. The summed E-state index contributed by atoms with van der Waals surface area (Å²) in [5.41, 5.74) is 1.63. The molecule has 0 bridgehead atoms. The van der Waals surface area contributed by atoms with Crippen molar-refractivity contribution in [1.82, 2.24) is 29.9 Å². The molecule has 0 aliphatic carbocycles. The number of nitrogens with zero attached hydrogens (tertiary/aromatic N) is 7. The maximum Gasteiger partial charge on any atom is 0.417 e. The molecular formula is C25H26F3N7. The first-order chi connectivity index (χ1) is 16.8. The first kappa shape index (κ1) is 23.2. The fourth-order valence-electron chi connectivity index (χ4n) is 4.71. The summed E-state index contributed by atoms with van der Waals surface area (Å²) in [6.45, 7) is 2.14. The first-order valence-electron chi connectivity index (χ1n) is 11.5. The van der Waals surface area contributed by atoms with Crippen molar-refractivity contribution in [2.75, 3.05) is 25.0 Å². The Kier molecular flexibility index (Phi) is 6.14. The SMILES string of the molecule is CN(Cc1ccc(C(F)(F)F)cn1)C1CCN(c2nnc(-c3ccnn3C)c3ccccc23)CC1. The lowest BCUT2D eigenvalue weighted by atomic mass is 10.0. The van der Waals surface area contributed by atoms with E-state index in [0.717, 1.165) is 66.2 Å². The first-order valence-corrected chi connectivity index (χ1v) is 11.5. The minimum Gasteiger partial charge on any atom is -0.354 e. The van der Waals surface area contributed by atoms with Crippen molar-refractivity contribution in [3.05, 3.63) is 66.1 Å². The lowest BCUT2D eigenvalue weighted by Gasteiger charge is -2.37. The lowest BCUT2D eigenvalue weighted by molar-refractivity contribution is -0.137. The van der Waals surface area contributed by atoms with E-state index in [-0.39, 0.29) is 0 Å². The van der Waals surface area contributed by atoms with Crippen LogP contribution < -0.4 is 4.90 Å². The largest absolute Gasteiger partial charge is 0.417 e. The number of fused-ring (bicyclic) bond motifs is 1. The number of piperidine rings is 1. The molecule has 0 saturated carbocycles. The maximum absolute atomic E-state index is 12.8. The van der Waals surface area contributed by atoms with Crippen LogP contribution >= 0.6 is 0 Å². The molecule has 0 spiro atoms. The zero-order chi connectivity index (χ0) is 24.6. The molecule has 0 atom stereocenters. The van der Waals surface area contributed by atoms with E-state index < -0.39 is 11.7 Å². The van der Waals surface area contributed by atoms with Crippen LogP contribution in [0.1, 0.15) is 24.1 Å². The van der Waals surface area contributed by atoms with Crippen molar-refractivity contribution in [1.29, 1.82) is 0 Å². The summed E-state index contributed by atoms with van der Waals surface area (Å²) in [4.78, 5) is 8.45. The molecule has 0 unspecified atom stereocenters. The van der Waals surface area contributed by atoms with E-state index in [9.17, 15) is 13.2 Å². The zero-order valence-electron chi connectivity index (χ0n) is 19.6. The summed E-state index contributed by atoms with van der Waals surface area (Å²) >= 11 is 0. The maximum atomic E-state index is 12.8. The lowest BCUT2D eigenvalue weighted by Crippen LogP contribution is -2.43. The van der Waals surface area contributed by atoms with Crippen molar-refractivity contribution in [3.63, 3.8) is 0 Å². The van der Waals surface area contributed by atoms with Gasteiger partial charge in [0.15, 0.2) is 5.82 Å². The Morgan fingerprint density at radius 3 is 2.37 bits per heavy atom. The number of benzene rings is 1. The zero-order valence-corrected chi connectivity index (χ0v) is 19.6. The highest BCUT2D eigenvalue weighted by Gasteiger charge is 2.31. The summed E-state index contributed by atoms with van der Waals surface area (Å²) < 4.78 is 40.2. The summed E-state index contributed by atoms with van der Waals surface area (Å²) in [7, 11) is 3.89. The molecule has 1 aliphatic heterocycles. The predicted molar refractivity (Wildman–Crippen MR) is 128 cm³/mol. The highest BCUT2D eigenvalue weighted by atomic mass is 19.4. The van der Waals surface area contributed by atoms with Gasteiger partial charge in [0.05, 0.1) is 17.0 Å². The average molecular weight is 482 g/mol. The molecule has 7 nitrogen and oxygen atoms in total. The van der Waals surface area contributed by atoms with Crippen LogP contribution in [0.3, 0.4) is 0 Å². The Morgan fingerprint density at radius 2 is 1.74 bits per heavy atom. The van der Waals surface area contributed by atoms with Crippen molar-refractivity contribution in [2.24, 2.45) is 7.05 Å². The van der Waals surface area contributed by atoms with Gasteiger partial charge >= 0.3 is 6.18 Å². The van der Waals surface area contributed by atoms with E-state index in [0.29, 0.717) is 18.3 Å². The van der Waals surface area contributed by atoms with Gasteiger partial charge in [-0.1, -0.05) is 24.3 Å². The smallest absolute Gasteiger partial charge is 0.354 e. The molecule has 1 aromatic carbocycles. The number of alkyl halides is 3. The summed E-state index contributed by atoms with van der Waals surface area (Å²) in [6, 6.07) is 13.0. The minimum atomic E-state index is -4.37. The predicted octanol–water partition coefficient (Wildman–Crippen LogP) is 4.54. The molecule has 0 amide bonds. The molecule has 35 heavy (non-hydrogen) atoms. The van der Waals surface area contributed by atoms with Crippen molar-refractivity contribution in [3.8, 4) is 11.4 Å². The fraction of sp³-hybridized carbons (Fsp3) is 0.360. The number of anilines is 1. The summed E-state index contributed by atoms with van der Waals surface area (Å²) in [5.74, 6) is 0.872. The van der Waals surface area contributed by atoms with Crippen LogP contribution in [0.4, 0.5) is 19.0 Å². The van der Waals surface area contributed by atoms with E-state index in [4.69, 9.17) is 0 Å². The Labute approximate surface area is 201 Å². The quantitative estimate of drug-likeness (QED) is 0.417. The van der Waals surface area contributed by atoms with Gasteiger partial charge in [-0.05, 0) is 38.1 Å². The molecule has 4 aromatic rings. The minimum absolute atomic E-state index is 0.309. The van der Waals surface area contributed by atoms with Crippen LogP contribution in [0.25, 0.3) is 22.2 Å². The second kappa shape index (κ2) is 9.26. The van der Waals surface area contributed by atoms with Crippen LogP contribution in [0, 0.1) is 0 Å². The molecule has 1 saturated heterocycles. The molecule has 5 rings (SSSR count). The number of aryl methyl sites for hydroxylation is 1. The third-order valence-corrected chi connectivity index (χ3v) is 6.68. The average Bonchev–Trinajstić information content (AvgIpc) is 3.29. The third-order valence-electron chi connectivity index (χ3n) is 6.68. The van der Waals surface area contributed by atoms with E-state index in [1.54, 1.807) is 10.9 Å². The van der Waals surface area contributed by atoms with Crippen LogP contribution in [0.15, 0.2) is 54.9 Å². The second-order valence-electron chi connectivity index (χ2n) is 8.93. The van der Waals surface area contributed by atoms with Gasteiger partial charge in [0.2, 0.25) is 0 Å². The number of hydrogen-bond donors (Lipinski definition) is 0. The molecule has 0 radical (unpaired) electrons. The van der Waals surface area contributed by atoms with Gasteiger partial charge in [0.1, 0.15) is 5.69 Å². The second-order valence-corrected chi connectivity index (χ2v) is 8.93. The van der Waals surface area contributed by atoms with Crippen molar-refractivity contribution < 1.29 is 13.2 Å². The van der Waals surface area contributed by atoms with E-state index in [1.807, 2.05) is 32.3 Å². The fourth-order valence-corrected chi connectivity index (χ4v) is 4.71. The Morgan fingerprint density at radius 1 is 1.00 bits per heavy atom. The highest BCUT2D eigenvalue weighted by Crippen LogP contribution is 2.33. The van der Waals surface area contributed by atoms with Crippen LogP contribution in [-0.2, 0) is 19.8 Å². The number of aromatic nitrogens is 5. The van der Waals surface area contributed by atoms with E-state index in [2.05, 4.69) is 42.2 Å². The number of hydrogen-bond acceptors (Lipinski definition) is 6. The molecule has 3 aromatic heterocycles. The van der Waals surface area contributed by atoms with Gasteiger partial charge in [0.25, 0.3) is 0 Å². The van der Waals surface area contributed by atoms with E-state index >= 15 is 0 Å². The van der Waals surface area contributed by atoms with Gasteiger partial charge in [0, 0.05) is 55.9 Å². The number of halogens is 3. The van der Waals surface area contributed by atoms with Crippen LogP contribution in [0.5, 0.6) is 0 Å². The highest BCUT2D eigenvalue weighted by molar-refractivity contribution is 5.99. The summed E-state index contributed by atoms with van der Waals surface area (Å²) in [5, 5.41) is 15.5.